The van der Waals surface area contributed by atoms with Gasteiger partial charge in [-0.15, -0.1) is 0 Å². The summed E-state index contributed by atoms with van der Waals surface area (Å²) in [4.78, 5) is 12.3. The lowest BCUT2D eigenvalue weighted by atomic mass is 10.3. The van der Waals surface area contributed by atoms with E-state index in [1.165, 1.54) is 0 Å². The Bertz CT molecular complexity index is 535. The molecule has 0 radical (unpaired) electrons. The Morgan fingerprint density at radius 2 is 2.22 bits per heavy atom. The van der Waals surface area contributed by atoms with Crippen LogP contribution >= 0.6 is 11.6 Å². The number of hydrogen-bond acceptors (Lipinski definition) is 5. The van der Waals surface area contributed by atoms with E-state index in [0.29, 0.717) is 17.8 Å². The van der Waals surface area contributed by atoms with E-state index in [1.807, 2.05) is 11.5 Å². The van der Waals surface area contributed by atoms with E-state index < -0.39 is 0 Å². The summed E-state index contributed by atoms with van der Waals surface area (Å²) in [5.41, 5.74) is 6.93. The molecule has 2 rings (SSSR count). The first-order chi connectivity index (χ1) is 8.67. The molecule has 0 aliphatic rings. The predicted octanol–water partition coefficient (Wildman–Crippen LogP) is 2.40. The van der Waals surface area contributed by atoms with Crippen molar-refractivity contribution in [1.29, 1.82) is 0 Å². The van der Waals surface area contributed by atoms with Crippen molar-refractivity contribution in [3.63, 3.8) is 0 Å². The molecule has 2 aromatic heterocycles. The third-order valence-electron chi connectivity index (χ3n) is 2.63. The van der Waals surface area contributed by atoms with Gasteiger partial charge in [0, 0.05) is 6.61 Å². The maximum atomic E-state index is 5.83. The van der Waals surface area contributed by atoms with E-state index in [2.05, 4.69) is 21.9 Å². The fourth-order valence-electron chi connectivity index (χ4n) is 1.86. The molecule has 7 heteroatoms. The third-order valence-corrected chi connectivity index (χ3v) is 2.80. The summed E-state index contributed by atoms with van der Waals surface area (Å²) in [6.45, 7) is 4.68. The molecule has 0 aliphatic carbocycles. The van der Waals surface area contributed by atoms with Crippen molar-refractivity contribution in [2.75, 3.05) is 12.3 Å². The number of nitrogens with two attached hydrogens (primary N) is 1. The van der Waals surface area contributed by atoms with Crippen LogP contribution in [0, 0.1) is 0 Å². The lowest BCUT2D eigenvalue weighted by Gasteiger charge is -2.18. The average molecular weight is 270 g/mol. The van der Waals surface area contributed by atoms with Crippen LogP contribution in [-0.2, 0) is 4.74 Å². The zero-order valence-electron chi connectivity index (χ0n) is 10.4. The first-order valence-electron chi connectivity index (χ1n) is 5.94. The summed E-state index contributed by atoms with van der Waals surface area (Å²) in [5, 5.41) is 0.119. The van der Waals surface area contributed by atoms with Gasteiger partial charge in [-0.2, -0.15) is 9.97 Å². The van der Waals surface area contributed by atoms with Gasteiger partial charge in [-0.05, 0) is 24.9 Å². The largest absolute Gasteiger partial charge is 0.382 e. The van der Waals surface area contributed by atoms with E-state index in [9.17, 15) is 0 Å². The maximum Gasteiger partial charge on any atom is 0.226 e. The van der Waals surface area contributed by atoms with Crippen molar-refractivity contribution in [3.05, 3.63) is 11.6 Å². The van der Waals surface area contributed by atoms with Gasteiger partial charge in [0.05, 0.1) is 6.33 Å². The van der Waals surface area contributed by atoms with Crippen LogP contribution in [0.1, 0.15) is 32.9 Å². The summed E-state index contributed by atoms with van der Waals surface area (Å²) >= 11 is 5.83. The minimum absolute atomic E-state index is 0.102. The van der Waals surface area contributed by atoms with Crippen molar-refractivity contribution >= 4 is 28.6 Å². The molecule has 2 aromatic rings. The van der Waals surface area contributed by atoms with Crippen molar-refractivity contribution < 1.29 is 4.74 Å². The van der Waals surface area contributed by atoms with Gasteiger partial charge in [-0.25, -0.2) is 4.98 Å². The number of ether oxygens (including phenoxy) is 1. The minimum atomic E-state index is -0.102. The van der Waals surface area contributed by atoms with Crippen LogP contribution in [0.4, 0.5) is 5.82 Å². The lowest BCUT2D eigenvalue weighted by molar-refractivity contribution is 0.00611. The molecule has 0 spiro atoms. The fraction of sp³-hybridized carbons (Fsp3) is 0.545. The Balaban J connectivity index is 2.49. The highest BCUT2D eigenvalue weighted by Gasteiger charge is 2.17. The Kier molecular flexibility index (Phi) is 3.98. The van der Waals surface area contributed by atoms with Crippen LogP contribution in [0.3, 0.4) is 0 Å². The van der Waals surface area contributed by atoms with Gasteiger partial charge in [0.15, 0.2) is 11.5 Å². The van der Waals surface area contributed by atoms with Gasteiger partial charge in [0.1, 0.15) is 11.7 Å². The molecule has 2 N–H and O–H groups in total. The SMILES string of the molecule is CCCC(OCC)n1cnc2c(N)nc(Cl)nc21. The molecule has 1 atom stereocenters. The van der Waals surface area contributed by atoms with Crippen LogP contribution in [0.25, 0.3) is 11.2 Å². The molecule has 0 aliphatic heterocycles. The molecule has 1 unspecified atom stereocenters. The maximum absolute atomic E-state index is 5.83. The highest BCUT2D eigenvalue weighted by molar-refractivity contribution is 6.28. The second-order valence-corrected chi connectivity index (χ2v) is 4.24. The van der Waals surface area contributed by atoms with Gasteiger partial charge >= 0.3 is 0 Å². The van der Waals surface area contributed by atoms with Crippen LogP contribution in [0.15, 0.2) is 6.33 Å². The Hall–Kier alpha value is -1.40. The number of halogens is 1. The van der Waals surface area contributed by atoms with Crippen LogP contribution in [0.2, 0.25) is 5.28 Å². The zero-order valence-corrected chi connectivity index (χ0v) is 11.2. The van der Waals surface area contributed by atoms with E-state index in [-0.39, 0.29) is 17.3 Å². The number of nitrogens with zero attached hydrogens (tertiary/aromatic N) is 4. The molecule has 18 heavy (non-hydrogen) atoms. The van der Waals surface area contributed by atoms with Crippen LogP contribution in [-0.4, -0.2) is 26.1 Å². The van der Waals surface area contributed by atoms with Crippen LogP contribution < -0.4 is 5.73 Å². The second kappa shape index (κ2) is 5.49. The number of fused-ring (bicyclic) bond motifs is 1. The number of aromatic nitrogens is 4. The van der Waals surface area contributed by atoms with Gasteiger partial charge in [0.2, 0.25) is 5.28 Å². The summed E-state index contributed by atoms with van der Waals surface area (Å²) in [6.07, 6.45) is 3.44. The topological polar surface area (TPSA) is 78.9 Å². The molecular formula is C11H16ClN5O. The number of imidazole rings is 1. The zero-order chi connectivity index (χ0) is 13.1. The molecule has 0 aromatic carbocycles. The highest BCUT2D eigenvalue weighted by Crippen LogP contribution is 2.24. The van der Waals surface area contributed by atoms with Gasteiger partial charge in [-0.1, -0.05) is 13.3 Å². The Morgan fingerprint density at radius 1 is 1.44 bits per heavy atom. The van der Waals surface area contributed by atoms with Crippen molar-refractivity contribution in [2.45, 2.75) is 32.9 Å². The average Bonchev–Trinajstić information content (AvgIpc) is 2.72. The van der Waals surface area contributed by atoms with E-state index in [1.54, 1.807) is 6.33 Å². The standard InChI is InChI=1S/C11H16ClN5O/c1-3-5-7(18-4-2)17-6-14-8-9(13)15-11(12)16-10(8)17/h6-7H,3-5H2,1-2H3,(H2,13,15,16). The third kappa shape index (κ3) is 2.39. The highest BCUT2D eigenvalue weighted by atomic mass is 35.5. The summed E-state index contributed by atoms with van der Waals surface area (Å²) in [7, 11) is 0. The van der Waals surface area contributed by atoms with Gasteiger partial charge in [0.25, 0.3) is 0 Å². The molecule has 2 heterocycles. The Morgan fingerprint density at radius 3 is 2.89 bits per heavy atom. The fourth-order valence-corrected chi connectivity index (χ4v) is 2.03. The second-order valence-electron chi connectivity index (χ2n) is 3.90. The Labute approximate surface area is 110 Å². The summed E-state index contributed by atoms with van der Waals surface area (Å²) in [6, 6.07) is 0. The normalized spacial score (nSPS) is 13.1. The molecule has 0 saturated heterocycles. The van der Waals surface area contributed by atoms with Crippen molar-refractivity contribution in [3.8, 4) is 0 Å². The first-order valence-corrected chi connectivity index (χ1v) is 6.32. The molecule has 0 amide bonds. The minimum Gasteiger partial charge on any atom is -0.382 e. The number of anilines is 1. The van der Waals surface area contributed by atoms with Crippen molar-refractivity contribution in [2.24, 2.45) is 0 Å². The molecule has 0 saturated carbocycles. The first kappa shape index (κ1) is 13.0. The molecule has 98 valence electrons. The quantitative estimate of drug-likeness (QED) is 0.843. The van der Waals surface area contributed by atoms with Gasteiger partial charge in [-0.3, -0.25) is 4.57 Å². The monoisotopic (exact) mass is 269 g/mol. The van der Waals surface area contributed by atoms with Gasteiger partial charge < -0.3 is 10.5 Å². The van der Waals surface area contributed by atoms with E-state index >= 15 is 0 Å². The number of nitrogen functional groups attached to an aromatic ring is 1. The van der Waals surface area contributed by atoms with E-state index in [4.69, 9.17) is 22.1 Å². The molecule has 0 bridgehead atoms. The molecule has 0 fully saturated rings. The van der Waals surface area contributed by atoms with E-state index in [0.717, 1.165) is 12.8 Å². The summed E-state index contributed by atoms with van der Waals surface area (Å²) < 4.78 is 7.55. The number of hydrogen-bond donors (Lipinski definition) is 1. The number of rotatable bonds is 5. The molecule has 6 nitrogen and oxygen atoms in total. The lowest BCUT2D eigenvalue weighted by Crippen LogP contribution is -2.12. The molecular weight excluding hydrogens is 254 g/mol. The van der Waals surface area contributed by atoms with Crippen molar-refractivity contribution in [1.82, 2.24) is 19.5 Å². The predicted molar refractivity (Wildman–Crippen MR) is 70.3 cm³/mol. The summed E-state index contributed by atoms with van der Waals surface area (Å²) in [5.74, 6) is 0.287. The van der Waals surface area contributed by atoms with Crippen LogP contribution in [0.5, 0.6) is 0 Å². The smallest absolute Gasteiger partial charge is 0.226 e.